The highest BCUT2D eigenvalue weighted by Gasteiger charge is 2.22. The van der Waals surface area contributed by atoms with Crippen LogP contribution >= 0.6 is 0 Å². The molecule has 0 aliphatic carbocycles. The maximum absolute atomic E-state index is 11.9. The van der Waals surface area contributed by atoms with E-state index in [1.54, 1.807) is 0 Å². The molecule has 6 heteroatoms. The Bertz CT molecular complexity index is 414. The molecule has 1 saturated heterocycles. The highest BCUT2D eigenvalue weighted by atomic mass is 16.2. The number of amides is 1. The summed E-state index contributed by atoms with van der Waals surface area (Å²) >= 11 is 0. The predicted octanol–water partition coefficient (Wildman–Crippen LogP) is 0.441. The number of nitrogens with zero attached hydrogens (tertiary/aromatic N) is 2. The fourth-order valence-electron chi connectivity index (χ4n) is 1.90. The van der Waals surface area contributed by atoms with E-state index < -0.39 is 0 Å². The third-order valence-electron chi connectivity index (χ3n) is 3.11. The molecule has 100 valence electrons. The van der Waals surface area contributed by atoms with Gasteiger partial charge in [0.05, 0.1) is 0 Å². The predicted molar refractivity (Wildman–Crippen MR) is 68.4 cm³/mol. The molecule has 1 fully saturated rings. The molecule has 0 saturated carbocycles. The summed E-state index contributed by atoms with van der Waals surface area (Å²) in [6.45, 7) is 8.78. The van der Waals surface area contributed by atoms with Gasteiger partial charge in [0.2, 0.25) is 5.82 Å². The Morgan fingerprint density at radius 2 is 2.28 bits per heavy atom. The molecular formula is C12H21N5O. The van der Waals surface area contributed by atoms with Crippen LogP contribution in [0.3, 0.4) is 0 Å². The van der Waals surface area contributed by atoms with Crippen molar-refractivity contribution < 1.29 is 4.79 Å². The Morgan fingerprint density at radius 3 is 2.83 bits per heavy atom. The minimum absolute atomic E-state index is 0.124. The smallest absolute Gasteiger partial charge is 0.290 e. The van der Waals surface area contributed by atoms with Crippen LogP contribution < -0.4 is 10.6 Å². The molecule has 1 aliphatic rings. The average molecular weight is 251 g/mol. The normalized spacial score (nSPS) is 20.1. The van der Waals surface area contributed by atoms with E-state index in [4.69, 9.17) is 0 Å². The van der Waals surface area contributed by atoms with Gasteiger partial charge in [-0.05, 0) is 25.4 Å². The molecule has 2 heterocycles. The van der Waals surface area contributed by atoms with E-state index in [1.165, 1.54) is 0 Å². The van der Waals surface area contributed by atoms with E-state index in [2.05, 4.69) is 25.8 Å². The van der Waals surface area contributed by atoms with Gasteiger partial charge in [-0.25, -0.2) is 4.98 Å². The van der Waals surface area contributed by atoms with Crippen molar-refractivity contribution in [1.82, 2.24) is 25.8 Å². The SMILES string of the molecule is CC(C)(C)c1nc(C(=O)NCC2CCNC2)n[nH]1. The quantitative estimate of drug-likeness (QED) is 0.728. The summed E-state index contributed by atoms with van der Waals surface area (Å²) in [5, 5.41) is 12.9. The number of carbonyl (C=O) groups excluding carboxylic acids is 1. The van der Waals surface area contributed by atoms with Crippen LogP contribution in [-0.4, -0.2) is 40.7 Å². The van der Waals surface area contributed by atoms with Crippen molar-refractivity contribution in [1.29, 1.82) is 0 Å². The standard InChI is InChI=1S/C12H21N5O/c1-12(2,3)11-15-9(16-17-11)10(18)14-7-8-4-5-13-6-8/h8,13H,4-7H2,1-3H3,(H,14,18)(H,15,16,17). The van der Waals surface area contributed by atoms with Crippen LogP contribution in [0.25, 0.3) is 0 Å². The fraction of sp³-hybridized carbons (Fsp3) is 0.750. The van der Waals surface area contributed by atoms with Gasteiger partial charge in [-0.3, -0.25) is 9.89 Å². The van der Waals surface area contributed by atoms with Gasteiger partial charge in [-0.2, -0.15) is 0 Å². The molecule has 1 aromatic rings. The molecule has 0 bridgehead atoms. The summed E-state index contributed by atoms with van der Waals surface area (Å²) in [6, 6.07) is 0. The van der Waals surface area contributed by atoms with E-state index in [0.29, 0.717) is 12.5 Å². The Hall–Kier alpha value is -1.43. The Balaban J connectivity index is 1.90. The first-order chi connectivity index (χ1) is 8.47. The van der Waals surface area contributed by atoms with Crippen LogP contribution in [-0.2, 0) is 5.41 Å². The summed E-state index contributed by atoms with van der Waals surface area (Å²) in [5.41, 5.74) is -0.124. The van der Waals surface area contributed by atoms with Gasteiger partial charge in [0.1, 0.15) is 5.82 Å². The number of carbonyl (C=O) groups is 1. The molecule has 2 rings (SSSR count). The van der Waals surface area contributed by atoms with Crippen LogP contribution in [0.15, 0.2) is 0 Å². The van der Waals surface area contributed by atoms with Crippen LogP contribution in [0.1, 0.15) is 43.6 Å². The Morgan fingerprint density at radius 1 is 1.50 bits per heavy atom. The number of H-pyrrole nitrogens is 1. The fourth-order valence-corrected chi connectivity index (χ4v) is 1.90. The molecule has 1 unspecified atom stereocenters. The first kappa shape index (κ1) is 13.0. The second kappa shape index (κ2) is 5.06. The summed E-state index contributed by atoms with van der Waals surface area (Å²) in [6.07, 6.45) is 1.11. The van der Waals surface area contributed by atoms with Crippen molar-refractivity contribution in [2.75, 3.05) is 19.6 Å². The zero-order valence-electron chi connectivity index (χ0n) is 11.2. The van der Waals surface area contributed by atoms with E-state index in [9.17, 15) is 4.79 Å². The second-order valence-electron chi connectivity index (χ2n) is 5.83. The average Bonchev–Trinajstić information content (AvgIpc) is 2.96. The van der Waals surface area contributed by atoms with Crippen LogP contribution in [0.2, 0.25) is 0 Å². The van der Waals surface area contributed by atoms with Crippen LogP contribution in [0, 0.1) is 5.92 Å². The van der Waals surface area contributed by atoms with Crippen molar-refractivity contribution in [3.63, 3.8) is 0 Å². The zero-order valence-corrected chi connectivity index (χ0v) is 11.2. The minimum atomic E-state index is -0.200. The molecule has 1 amide bonds. The van der Waals surface area contributed by atoms with Crippen LogP contribution in [0.4, 0.5) is 0 Å². The zero-order chi connectivity index (χ0) is 13.2. The summed E-state index contributed by atoms with van der Waals surface area (Å²) in [5.74, 6) is 1.28. The molecule has 18 heavy (non-hydrogen) atoms. The van der Waals surface area contributed by atoms with Gasteiger partial charge in [-0.1, -0.05) is 20.8 Å². The van der Waals surface area contributed by atoms with Crippen LogP contribution in [0.5, 0.6) is 0 Å². The first-order valence-electron chi connectivity index (χ1n) is 6.38. The number of aromatic nitrogens is 3. The third kappa shape index (κ3) is 3.07. The van der Waals surface area contributed by atoms with Gasteiger partial charge < -0.3 is 10.6 Å². The molecular weight excluding hydrogens is 230 g/mol. The van der Waals surface area contributed by atoms with Gasteiger partial charge >= 0.3 is 0 Å². The Kier molecular flexibility index (Phi) is 3.65. The van der Waals surface area contributed by atoms with E-state index in [1.807, 2.05) is 20.8 Å². The van der Waals surface area contributed by atoms with Crippen molar-refractivity contribution in [2.24, 2.45) is 5.92 Å². The molecule has 1 atom stereocenters. The second-order valence-corrected chi connectivity index (χ2v) is 5.83. The molecule has 0 radical (unpaired) electrons. The maximum Gasteiger partial charge on any atom is 0.290 e. The van der Waals surface area contributed by atoms with Gasteiger partial charge in [0.25, 0.3) is 5.91 Å². The van der Waals surface area contributed by atoms with E-state index in [0.717, 1.165) is 25.3 Å². The molecule has 1 aromatic heterocycles. The third-order valence-corrected chi connectivity index (χ3v) is 3.11. The maximum atomic E-state index is 11.9. The van der Waals surface area contributed by atoms with Gasteiger partial charge in [0, 0.05) is 12.0 Å². The lowest BCUT2D eigenvalue weighted by Gasteiger charge is -2.12. The molecule has 0 aromatic carbocycles. The highest BCUT2D eigenvalue weighted by Crippen LogP contribution is 2.17. The number of rotatable bonds is 3. The Labute approximate surface area is 107 Å². The lowest BCUT2D eigenvalue weighted by Crippen LogP contribution is -2.31. The number of aromatic amines is 1. The molecule has 1 aliphatic heterocycles. The molecule has 3 N–H and O–H groups in total. The lowest BCUT2D eigenvalue weighted by molar-refractivity contribution is 0.0938. The van der Waals surface area contributed by atoms with Crippen molar-refractivity contribution in [2.45, 2.75) is 32.6 Å². The number of hydrogen-bond acceptors (Lipinski definition) is 4. The minimum Gasteiger partial charge on any atom is -0.349 e. The first-order valence-corrected chi connectivity index (χ1v) is 6.38. The summed E-state index contributed by atoms with van der Waals surface area (Å²) < 4.78 is 0. The topological polar surface area (TPSA) is 82.7 Å². The lowest BCUT2D eigenvalue weighted by atomic mass is 9.96. The van der Waals surface area contributed by atoms with Crippen molar-refractivity contribution >= 4 is 5.91 Å². The monoisotopic (exact) mass is 251 g/mol. The molecule has 6 nitrogen and oxygen atoms in total. The van der Waals surface area contributed by atoms with Gasteiger partial charge in [0.15, 0.2) is 0 Å². The van der Waals surface area contributed by atoms with E-state index >= 15 is 0 Å². The number of hydrogen-bond donors (Lipinski definition) is 3. The summed E-state index contributed by atoms with van der Waals surface area (Å²) in [7, 11) is 0. The van der Waals surface area contributed by atoms with Crippen molar-refractivity contribution in [3.8, 4) is 0 Å². The molecule has 0 spiro atoms. The van der Waals surface area contributed by atoms with Crippen molar-refractivity contribution in [3.05, 3.63) is 11.6 Å². The highest BCUT2D eigenvalue weighted by molar-refractivity contribution is 5.90. The van der Waals surface area contributed by atoms with E-state index in [-0.39, 0.29) is 17.1 Å². The summed E-state index contributed by atoms with van der Waals surface area (Å²) in [4.78, 5) is 16.1. The largest absolute Gasteiger partial charge is 0.349 e. The number of nitrogens with one attached hydrogen (secondary N) is 3. The van der Waals surface area contributed by atoms with Gasteiger partial charge in [-0.15, -0.1) is 5.10 Å².